The van der Waals surface area contributed by atoms with E-state index in [4.69, 9.17) is 0 Å². The molecule has 0 radical (unpaired) electrons. The van der Waals surface area contributed by atoms with Gasteiger partial charge in [-0.2, -0.15) is 5.26 Å². The number of likely N-dealkylation sites (tertiary alicyclic amines) is 1. The molecule has 1 aliphatic rings. The van der Waals surface area contributed by atoms with Gasteiger partial charge in [-0.15, -0.1) is 0 Å². The fraction of sp³-hybridized carbons (Fsp3) is 0.412. The minimum Gasteiger partial charge on any atom is -0.506 e. The van der Waals surface area contributed by atoms with Crippen molar-refractivity contribution in [1.29, 1.82) is 5.26 Å². The predicted molar refractivity (Wildman–Crippen MR) is 85.0 cm³/mol. The van der Waals surface area contributed by atoms with Crippen LogP contribution in [-0.2, 0) is 4.79 Å². The molecule has 2 atom stereocenters. The maximum Gasteiger partial charge on any atom is 0.267 e. The molecule has 1 aromatic carbocycles. The Labute approximate surface area is 130 Å². The summed E-state index contributed by atoms with van der Waals surface area (Å²) in [5, 5.41) is 21.5. The van der Waals surface area contributed by atoms with Crippen LogP contribution < -0.4 is 5.32 Å². The van der Waals surface area contributed by atoms with Gasteiger partial charge in [0.05, 0.1) is 5.69 Å². The largest absolute Gasteiger partial charge is 0.506 e. The van der Waals surface area contributed by atoms with E-state index < -0.39 is 5.91 Å². The Bertz CT molecular complexity index is 609. The van der Waals surface area contributed by atoms with Gasteiger partial charge in [-0.1, -0.05) is 26.0 Å². The van der Waals surface area contributed by atoms with Crippen LogP contribution in [0.15, 0.2) is 36.0 Å². The van der Waals surface area contributed by atoms with Crippen molar-refractivity contribution in [3.63, 3.8) is 0 Å². The van der Waals surface area contributed by atoms with Crippen LogP contribution in [-0.4, -0.2) is 29.0 Å². The van der Waals surface area contributed by atoms with Crippen molar-refractivity contribution >= 4 is 11.6 Å². The summed E-state index contributed by atoms with van der Waals surface area (Å²) in [5.41, 5.74) is 0.346. The van der Waals surface area contributed by atoms with Crippen LogP contribution in [0.25, 0.3) is 0 Å². The van der Waals surface area contributed by atoms with Crippen molar-refractivity contribution in [2.45, 2.75) is 20.3 Å². The molecule has 1 aliphatic heterocycles. The Balaban J connectivity index is 2.10. The second-order valence-corrected chi connectivity index (χ2v) is 6.03. The average molecular weight is 299 g/mol. The number of piperidine rings is 1. The van der Waals surface area contributed by atoms with Crippen molar-refractivity contribution in [3.05, 3.63) is 36.0 Å². The number of aromatic hydroxyl groups is 1. The zero-order valence-corrected chi connectivity index (χ0v) is 12.9. The van der Waals surface area contributed by atoms with Crippen LogP contribution in [0, 0.1) is 23.2 Å². The molecule has 2 unspecified atom stereocenters. The molecular formula is C17H21N3O2. The summed E-state index contributed by atoms with van der Waals surface area (Å²) in [7, 11) is 0. The predicted octanol–water partition coefficient (Wildman–Crippen LogP) is 2.72. The third-order valence-electron chi connectivity index (χ3n) is 3.73. The molecule has 1 amide bonds. The summed E-state index contributed by atoms with van der Waals surface area (Å²) >= 11 is 0. The third kappa shape index (κ3) is 4.01. The maximum absolute atomic E-state index is 12.2. The second-order valence-electron chi connectivity index (χ2n) is 6.03. The number of hydrogen-bond donors (Lipinski definition) is 2. The number of rotatable bonds is 3. The first-order valence-electron chi connectivity index (χ1n) is 7.45. The molecule has 1 fully saturated rings. The Morgan fingerprint density at radius 1 is 1.36 bits per heavy atom. The van der Waals surface area contributed by atoms with E-state index in [1.165, 1.54) is 6.07 Å². The minimum atomic E-state index is -0.505. The van der Waals surface area contributed by atoms with Crippen LogP contribution in [0.2, 0.25) is 0 Å². The van der Waals surface area contributed by atoms with E-state index in [1.54, 1.807) is 24.4 Å². The molecule has 0 aliphatic carbocycles. The van der Waals surface area contributed by atoms with E-state index in [9.17, 15) is 15.2 Å². The fourth-order valence-corrected chi connectivity index (χ4v) is 2.91. The first-order chi connectivity index (χ1) is 10.5. The average Bonchev–Trinajstić information content (AvgIpc) is 2.46. The van der Waals surface area contributed by atoms with E-state index in [0.29, 0.717) is 17.5 Å². The second kappa shape index (κ2) is 6.99. The number of nitrogens with zero attached hydrogens (tertiary/aromatic N) is 2. The number of anilines is 1. The molecular weight excluding hydrogens is 278 g/mol. The van der Waals surface area contributed by atoms with Crippen LogP contribution in [0.1, 0.15) is 20.3 Å². The highest BCUT2D eigenvalue weighted by atomic mass is 16.3. The standard InChI is InChI=1S/C17H21N3O2/c1-12-7-13(2)10-20(9-12)11-14(8-18)17(22)19-15-5-3-4-6-16(15)21/h3-6,11-13,21H,7,9-10H2,1-2H3,(H,19,22)/b14-11-. The van der Waals surface area contributed by atoms with Gasteiger partial charge in [0.2, 0.25) is 0 Å². The maximum atomic E-state index is 12.2. The summed E-state index contributed by atoms with van der Waals surface area (Å²) in [6.45, 7) is 6.04. The SMILES string of the molecule is CC1CC(C)CN(/C=C(/C#N)C(=O)Nc2ccccc2O)C1. The Morgan fingerprint density at radius 2 is 2.00 bits per heavy atom. The number of phenols is 1. The number of nitriles is 1. The summed E-state index contributed by atoms with van der Waals surface area (Å²) < 4.78 is 0. The Hall–Kier alpha value is -2.48. The van der Waals surface area contributed by atoms with Crippen LogP contribution >= 0.6 is 0 Å². The van der Waals surface area contributed by atoms with Crippen molar-refractivity contribution in [1.82, 2.24) is 4.90 Å². The number of para-hydroxylation sites is 2. The number of phenolic OH excluding ortho intramolecular Hbond substituents is 1. The smallest absolute Gasteiger partial charge is 0.267 e. The normalized spacial score (nSPS) is 22.0. The number of carbonyl (C=O) groups excluding carboxylic acids is 1. The molecule has 0 aromatic heterocycles. The molecule has 116 valence electrons. The molecule has 22 heavy (non-hydrogen) atoms. The number of nitrogens with one attached hydrogen (secondary N) is 1. The molecule has 1 heterocycles. The van der Waals surface area contributed by atoms with Crippen molar-refractivity contribution < 1.29 is 9.90 Å². The van der Waals surface area contributed by atoms with Crippen LogP contribution in [0.5, 0.6) is 5.75 Å². The van der Waals surface area contributed by atoms with Gasteiger partial charge < -0.3 is 15.3 Å². The number of benzene rings is 1. The highest BCUT2D eigenvalue weighted by Gasteiger charge is 2.21. The monoisotopic (exact) mass is 299 g/mol. The van der Waals surface area contributed by atoms with Crippen LogP contribution in [0.3, 0.4) is 0 Å². The van der Waals surface area contributed by atoms with E-state index >= 15 is 0 Å². The fourth-order valence-electron chi connectivity index (χ4n) is 2.91. The van der Waals surface area contributed by atoms with E-state index in [0.717, 1.165) is 19.5 Å². The first-order valence-corrected chi connectivity index (χ1v) is 7.45. The van der Waals surface area contributed by atoms with Gasteiger partial charge >= 0.3 is 0 Å². The minimum absolute atomic E-state index is 0.0200. The van der Waals surface area contributed by atoms with Gasteiger partial charge in [0.1, 0.15) is 17.4 Å². The Morgan fingerprint density at radius 3 is 2.59 bits per heavy atom. The molecule has 5 heteroatoms. The van der Waals surface area contributed by atoms with Crippen molar-refractivity contribution in [2.24, 2.45) is 11.8 Å². The lowest BCUT2D eigenvalue weighted by Crippen LogP contribution is -2.35. The van der Waals surface area contributed by atoms with Crippen molar-refractivity contribution in [2.75, 3.05) is 18.4 Å². The highest BCUT2D eigenvalue weighted by Crippen LogP contribution is 2.23. The third-order valence-corrected chi connectivity index (χ3v) is 3.73. The Kier molecular flexibility index (Phi) is 5.05. The summed E-state index contributed by atoms with van der Waals surface area (Å²) in [6.07, 6.45) is 2.79. The molecule has 5 nitrogen and oxygen atoms in total. The number of hydrogen-bond acceptors (Lipinski definition) is 4. The molecule has 0 saturated carbocycles. The first kappa shape index (κ1) is 15.9. The van der Waals surface area contributed by atoms with Crippen molar-refractivity contribution in [3.8, 4) is 11.8 Å². The number of amides is 1. The van der Waals surface area contributed by atoms with Gasteiger partial charge in [-0.25, -0.2) is 0 Å². The van der Waals surface area contributed by atoms with Gasteiger partial charge in [0.15, 0.2) is 0 Å². The topological polar surface area (TPSA) is 76.4 Å². The summed E-state index contributed by atoms with van der Waals surface area (Å²) in [4.78, 5) is 14.2. The molecule has 2 N–H and O–H groups in total. The van der Waals surface area contributed by atoms with E-state index in [-0.39, 0.29) is 11.3 Å². The van der Waals surface area contributed by atoms with Gasteiger partial charge in [0, 0.05) is 19.3 Å². The zero-order chi connectivity index (χ0) is 16.1. The zero-order valence-electron chi connectivity index (χ0n) is 12.9. The quantitative estimate of drug-likeness (QED) is 0.511. The van der Waals surface area contributed by atoms with Gasteiger partial charge in [0.25, 0.3) is 5.91 Å². The lowest BCUT2D eigenvalue weighted by molar-refractivity contribution is -0.112. The van der Waals surface area contributed by atoms with Gasteiger partial charge in [-0.05, 0) is 30.4 Å². The molecule has 1 saturated heterocycles. The summed E-state index contributed by atoms with van der Waals surface area (Å²) in [6, 6.07) is 8.40. The molecule has 0 spiro atoms. The molecule has 1 aromatic rings. The highest BCUT2D eigenvalue weighted by molar-refractivity contribution is 6.07. The lowest BCUT2D eigenvalue weighted by atomic mass is 9.92. The van der Waals surface area contributed by atoms with Gasteiger partial charge in [-0.3, -0.25) is 4.79 Å². The number of carbonyl (C=O) groups is 1. The summed E-state index contributed by atoms with van der Waals surface area (Å²) in [5.74, 6) is 0.561. The van der Waals surface area contributed by atoms with E-state index in [1.807, 2.05) is 11.0 Å². The lowest BCUT2D eigenvalue weighted by Gasteiger charge is -2.34. The molecule has 2 rings (SSSR count). The van der Waals surface area contributed by atoms with E-state index in [2.05, 4.69) is 19.2 Å². The molecule has 0 bridgehead atoms. The van der Waals surface area contributed by atoms with Crippen LogP contribution in [0.4, 0.5) is 5.69 Å².